The van der Waals surface area contributed by atoms with Gasteiger partial charge in [0.05, 0.1) is 18.7 Å². The average molecular weight is 189 g/mol. The van der Waals surface area contributed by atoms with Gasteiger partial charge in [0, 0.05) is 5.69 Å². The van der Waals surface area contributed by atoms with Gasteiger partial charge in [0.2, 0.25) is 0 Å². The Morgan fingerprint density at radius 3 is 2.64 bits per heavy atom. The first-order valence-electron chi connectivity index (χ1n) is 4.79. The topological polar surface area (TPSA) is 27.6 Å². The number of hydrogen-bond acceptors (Lipinski definition) is 3. The first-order valence-corrected chi connectivity index (χ1v) is 4.79. The zero-order chi connectivity index (χ0) is 10.0. The molecule has 0 spiro atoms. The molecule has 0 fully saturated rings. The van der Waals surface area contributed by atoms with Crippen molar-refractivity contribution in [3.05, 3.63) is 30.3 Å². The van der Waals surface area contributed by atoms with Gasteiger partial charge < -0.3 is 4.90 Å². The van der Waals surface area contributed by atoms with Crippen molar-refractivity contribution in [2.75, 3.05) is 11.6 Å². The predicted octanol–water partition coefficient (Wildman–Crippen LogP) is 1.82. The molecule has 14 heavy (non-hydrogen) atoms. The van der Waals surface area contributed by atoms with Crippen LogP contribution in [0.5, 0.6) is 0 Å². The van der Waals surface area contributed by atoms with Crippen LogP contribution in [-0.4, -0.2) is 18.7 Å². The van der Waals surface area contributed by atoms with E-state index >= 15 is 0 Å². The van der Waals surface area contributed by atoms with E-state index in [1.165, 1.54) is 0 Å². The van der Waals surface area contributed by atoms with E-state index in [0.29, 0.717) is 6.67 Å². The molecule has 1 aromatic rings. The molecule has 1 aliphatic rings. The minimum Gasteiger partial charge on any atom is -0.314 e. The first kappa shape index (κ1) is 9.21. The molecule has 3 heteroatoms. The number of benzene rings is 1. The number of aliphatic imine (C=N–C) groups is 1. The lowest BCUT2D eigenvalue weighted by Crippen LogP contribution is -2.57. The fourth-order valence-electron chi connectivity index (χ4n) is 1.57. The van der Waals surface area contributed by atoms with Crippen LogP contribution >= 0.6 is 0 Å². The molecule has 1 aliphatic heterocycles. The van der Waals surface area contributed by atoms with Crippen LogP contribution in [0.15, 0.2) is 35.3 Å². The van der Waals surface area contributed by atoms with Gasteiger partial charge in [0.15, 0.2) is 0 Å². The second-order valence-electron chi connectivity index (χ2n) is 3.90. The minimum atomic E-state index is -0.0664. The summed E-state index contributed by atoms with van der Waals surface area (Å²) in [5.74, 6) is 0. The first-order chi connectivity index (χ1) is 6.70. The van der Waals surface area contributed by atoms with Crippen LogP contribution in [0.25, 0.3) is 0 Å². The Morgan fingerprint density at radius 2 is 2.00 bits per heavy atom. The molecule has 1 heterocycles. The van der Waals surface area contributed by atoms with Crippen LogP contribution in [-0.2, 0) is 0 Å². The van der Waals surface area contributed by atoms with Gasteiger partial charge in [0.1, 0.15) is 0 Å². The maximum Gasteiger partial charge on any atom is 0.0925 e. The van der Waals surface area contributed by atoms with E-state index in [1.54, 1.807) is 0 Å². The summed E-state index contributed by atoms with van der Waals surface area (Å²) in [7, 11) is 0. The lowest BCUT2D eigenvalue weighted by atomic mass is 10.1. The summed E-state index contributed by atoms with van der Waals surface area (Å²) in [6, 6.07) is 10.3. The van der Waals surface area contributed by atoms with E-state index in [0.717, 1.165) is 5.69 Å². The van der Waals surface area contributed by atoms with Crippen LogP contribution in [0.1, 0.15) is 13.8 Å². The zero-order valence-electron chi connectivity index (χ0n) is 8.57. The standard InChI is InChI=1S/C11H15N3/c1-11(2)13-8-12-9-14(11)10-6-4-3-5-7-10/h3-7,9,13H,8H2,1-2H3. The number of hydrogen-bond donors (Lipinski definition) is 1. The molecular weight excluding hydrogens is 174 g/mol. The Labute approximate surface area is 84.5 Å². The van der Waals surface area contributed by atoms with Gasteiger partial charge in [-0.1, -0.05) is 18.2 Å². The van der Waals surface area contributed by atoms with E-state index in [9.17, 15) is 0 Å². The molecule has 0 radical (unpaired) electrons. The molecule has 1 aromatic carbocycles. The molecule has 0 bridgehead atoms. The van der Waals surface area contributed by atoms with Crippen LogP contribution in [0.3, 0.4) is 0 Å². The second kappa shape index (κ2) is 3.42. The van der Waals surface area contributed by atoms with Crippen molar-refractivity contribution in [2.24, 2.45) is 4.99 Å². The van der Waals surface area contributed by atoms with Crippen molar-refractivity contribution in [1.29, 1.82) is 0 Å². The predicted molar refractivity (Wildman–Crippen MR) is 59.5 cm³/mol. The molecule has 0 atom stereocenters. The molecule has 0 aromatic heterocycles. The largest absolute Gasteiger partial charge is 0.314 e. The summed E-state index contributed by atoms with van der Waals surface area (Å²) in [4.78, 5) is 6.36. The quantitative estimate of drug-likeness (QED) is 0.729. The third-order valence-electron chi connectivity index (χ3n) is 2.44. The molecule has 0 amide bonds. The summed E-state index contributed by atoms with van der Waals surface area (Å²) in [6.45, 7) is 4.98. The number of anilines is 1. The maximum atomic E-state index is 4.22. The van der Waals surface area contributed by atoms with Crippen molar-refractivity contribution in [2.45, 2.75) is 19.5 Å². The number of nitrogens with zero attached hydrogens (tertiary/aromatic N) is 2. The van der Waals surface area contributed by atoms with Gasteiger partial charge >= 0.3 is 0 Å². The highest BCUT2D eigenvalue weighted by atomic mass is 15.4. The van der Waals surface area contributed by atoms with Crippen LogP contribution in [0.4, 0.5) is 5.69 Å². The number of para-hydroxylation sites is 1. The van der Waals surface area contributed by atoms with Crippen molar-refractivity contribution < 1.29 is 0 Å². The molecule has 3 nitrogen and oxygen atoms in total. The van der Waals surface area contributed by atoms with Crippen molar-refractivity contribution in [3.63, 3.8) is 0 Å². The van der Waals surface area contributed by atoms with E-state index in [1.807, 2.05) is 24.5 Å². The summed E-state index contributed by atoms with van der Waals surface area (Å²) in [5.41, 5.74) is 1.09. The van der Waals surface area contributed by atoms with E-state index in [-0.39, 0.29) is 5.66 Å². The SMILES string of the molecule is CC1(C)NCN=CN1c1ccccc1. The van der Waals surface area contributed by atoms with Gasteiger partial charge in [-0.15, -0.1) is 0 Å². The van der Waals surface area contributed by atoms with Gasteiger partial charge in [-0.25, -0.2) is 0 Å². The van der Waals surface area contributed by atoms with Crippen LogP contribution < -0.4 is 10.2 Å². The van der Waals surface area contributed by atoms with Crippen molar-refractivity contribution in [3.8, 4) is 0 Å². The minimum absolute atomic E-state index is 0.0664. The van der Waals surface area contributed by atoms with Crippen molar-refractivity contribution in [1.82, 2.24) is 5.32 Å². The second-order valence-corrected chi connectivity index (χ2v) is 3.90. The highest BCUT2D eigenvalue weighted by Crippen LogP contribution is 2.21. The van der Waals surface area contributed by atoms with Gasteiger partial charge in [-0.2, -0.15) is 0 Å². The highest BCUT2D eigenvalue weighted by molar-refractivity contribution is 5.81. The van der Waals surface area contributed by atoms with Gasteiger partial charge in [-0.05, 0) is 26.0 Å². The summed E-state index contributed by atoms with van der Waals surface area (Å²) in [6.07, 6.45) is 1.89. The molecule has 0 saturated carbocycles. The normalized spacial score (nSPS) is 19.7. The Kier molecular flexibility index (Phi) is 2.25. The summed E-state index contributed by atoms with van der Waals surface area (Å²) < 4.78 is 0. The molecule has 2 rings (SSSR count). The van der Waals surface area contributed by atoms with E-state index < -0.39 is 0 Å². The summed E-state index contributed by atoms with van der Waals surface area (Å²) >= 11 is 0. The summed E-state index contributed by atoms with van der Waals surface area (Å²) in [5, 5.41) is 3.33. The number of rotatable bonds is 1. The van der Waals surface area contributed by atoms with Crippen LogP contribution in [0, 0.1) is 0 Å². The zero-order valence-corrected chi connectivity index (χ0v) is 8.57. The Hall–Kier alpha value is -1.35. The fourth-order valence-corrected chi connectivity index (χ4v) is 1.57. The molecule has 0 unspecified atom stereocenters. The number of nitrogens with one attached hydrogen (secondary N) is 1. The maximum absolute atomic E-state index is 4.22. The molecule has 74 valence electrons. The Morgan fingerprint density at radius 1 is 1.29 bits per heavy atom. The third-order valence-corrected chi connectivity index (χ3v) is 2.44. The molecule has 0 aliphatic carbocycles. The van der Waals surface area contributed by atoms with E-state index in [4.69, 9.17) is 0 Å². The lowest BCUT2D eigenvalue weighted by Gasteiger charge is -2.40. The molecule has 1 N–H and O–H groups in total. The van der Waals surface area contributed by atoms with Crippen molar-refractivity contribution >= 4 is 12.0 Å². The smallest absolute Gasteiger partial charge is 0.0925 e. The third kappa shape index (κ3) is 1.63. The average Bonchev–Trinajstić information content (AvgIpc) is 2.18. The molecular formula is C11H15N3. The van der Waals surface area contributed by atoms with E-state index in [2.05, 4.69) is 41.2 Å². The van der Waals surface area contributed by atoms with Gasteiger partial charge in [-0.3, -0.25) is 10.3 Å². The Balaban J connectivity index is 2.33. The Bertz CT molecular complexity index is 330. The van der Waals surface area contributed by atoms with Gasteiger partial charge in [0.25, 0.3) is 0 Å². The highest BCUT2D eigenvalue weighted by Gasteiger charge is 2.27. The molecule has 0 saturated heterocycles. The lowest BCUT2D eigenvalue weighted by molar-refractivity contribution is 0.398. The van der Waals surface area contributed by atoms with Crippen LogP contribution in [0.2, 0.25) is 0 Å². The monoisotopic (exact) mass is 189 g/mol. The fraction of sp³-hybridized carbons (Fsp3) is 0.364.